The number of rotatable bonds is 5. The molecule has 108 valence electrons. The molecule has 0 saturated carbocycles. The lowest BCUT2D eigenvalue weighted by atomic mass is 9.80. The Morgan fingerprint density at radius 2 is 2.20 bits per heavy atom. The van der Waals surface area contributed by atoms with Crippen LogP contribution in [0.2, 0.25) is 5.02 Å². The van der Waals surface area contributed by atoms with Crippen LogP contribution < -0.4 is 0 Å². The van der Waals surface area contributed by atoms with Crippen LogP contribution in [-0.4, -0.2) is 30.1 Å². The zero-order valence-corrected chi connectivity index (χ0v) is 11.6. The largest absolute Gasteiger partial charge is 0.469 e. The summed E-state index contributed by atoms with van der Waals surface area (Å²) in [5.74, 6) is -0.465. The number of hydrogen-bond acceptors (Lipinski definition) is 5. The van der Waals surface area contributed by atoms with Crippen molar-refractivity contribution in [1.29, 1.82) is 0 Å². The Balaban J connectivity index is 2.18. The molecule has 1 heterocycles. The van der Waals surface area contributed by atoms with Crippen molar-refractivity contribution < 1.29 is 19.2 Å². The second-order valence-electron chi connectivity index (χ2n) is 4.68. The van der Waals surface area contributed by atoms with Crippen LogP contribution in [0.4, 0.5) is 0 Å². The Hall–Kier alpha value is -1.66. The molecule has 0 radical (unpaired) electrons. The van der Waals surface area contributed by atoms with Crippen molar-refractivity contribution >= 4 is 17.6 Å². The van der Waals surface area contributed by atoms with Crippen LogP contribution >= 0.6 is 11.6 Å². The molecule has 1 aromatic carbocycles. The molecule has 20 heavy (non-hydrogen) atoms. The van der Waals surface area contributed by atoms with E-state index >= 15 is 0 Å². The lowest BCUT2D eigenvalue weighted by Crippen LogP contribution is -2.58. The molecule has 7 heteroatoms. The third-order valence-corrected chi connectivity index (χ3v) is 3.77. The number of nitro groups is 1. The monoisotopic (exact) mass is 299 g/mol. The number of benzene rings is 1. The summed E-state index contributed by atoms with van der Waals surface area (Å²) in [6.45, 7) is -0.00964. The van der Waals surface area contributed by atoms with E-state index < -0.39 is 17.6 Å². The van der Waals surface area contributed by atoms with Gasteiger partial charge in [0, 0.05) is 16.4 Å². The maximum atomic E-state index is 11.4. The Morgan fingerprint density at radius 1 is 1.55 bits per heavy atom. The first kappa shape index (κ1) is 14.7. The average molecular weight is 300 g/mol. The number of carbonyl (C=O) groups is 1. The summed E-state index contributed by atoms with van der Waals surface area (Å²) in [6, 6.07) is 6.71. The van der Waals surface area contributed by atoms with E-state index in [1.807, 2.05) is 0 Å². The van der Waals surface area contributed by atoms with Crippen molar-refractivity contribution in [2.24, 2.45) is 0 Å². The van der Waals surface area contributed by atoms with Crippen LogP contribution in [0.3, 0.4) is 0 Å². The highest BCUT2D eigenvalue weighted by Crippen LogP contribution is 2.44. The van der Waals surface area contributed by atoms with Crippen LogP contribution in [0.5, 0.6) is 0 Å². The van der Waals surface area contributed by atoms with E-state index in [9.17, 15) is 14.9 Å². The number of hydrogen-bond donors (Lipinski definition) is 0. The maximum Gasteiger partial charge on any atom is 0.305 e. The van der Waals surface area contributed by atoms with E-state index in [1.165, 1.54) is 7.11 Å². The number of methoxy groups -OCH3 is 1. The first-order chi connectivity index (χ1) is 9.49. The molecule has 0 amide bonds. The number of halogens is 1. The summed E-state index contributed by atoms with van der Waals surface area (Å²) < 4.78 is 9.89. The minimum Gasteiger partial charge on any atom is -0.469 e. The molecule has 1 aromatic rings. The number of ether oxygens (including phenoxy) is 2. The fourth-order valence-corrected chi connectivity index (χ4v) is 2.39. The van der Waals surface area contributed by atoms with Gasteiger partial charge in [-0.2, -0.15) is 0 Å². The van der Waals surface area contributed by atoms with Crippen molar-refractivity contribution in [1.82, 2.24) is 0 Å². The van der Waals surface area contributed by atoms with Gasteiger partial charge >= 0.3 is 5.97 Å². The van der Waals surface area contributed by atoms with Gasteiger partial charge in [0.05, 0.1) is 13.5 Å². The Kier molecular flexibility index (Phi) is 4.25. The lowest BCUT2D eigenvalue weighted by molar-refractivity contribution is -0.621. The zero-order chi connectivity index (χ0) is 14.8. The molecule has 0 bridgehead atoms. The van der Waals surface area contributed by atoms with Crippen LogP contribution in [0.25, 0.3) is 0 Å². The van der Waals surface area contributed by atoms with Crippen molar-refractivity contribution in [3.05, 3.63) is 45.0 Å². The predicted octanol–water partition coefficient (Wildman–Crippen LogP) is 2.38. The highest BCUT2D eigenvalue weighted by molar-refractivity contribution is 6.30. The molecule has 0 aromatic heterocycles. The third-order valence-electron chi connectivity index (χ3n) is 3.51. The van der Waals surface area contributed by atoms with Crippen LogP contribution in [-0.2, 0) is 14.3 Å². The van der Waals surface area contributed by atoms with E-state index in [-0.39, 0.29) is 24.4 Å². The summed E-state index contributed by atoms with van der Waals surface area (Å²) in [4.78, 5) is 22.2. The van der Waals surface area contributed by atoms with Gasteiger partial charge in [-0.15, -0.1) is 0 Å². The standard InChI is InChI=1S/C13H14ClNO5/c1-19-11(16)6-7-13(15(17)18)8-20-12(13)9-2-4-10(14)5-3-9/h2-5,12H,6-8H2,1H3. The van der Waals surface area contributed by atoms with Crippen LogP contribution in [0.1, 0.15) is 24.5 Å². The fraction of sp³-hybridized carbons (Fsp3) is 0.462. The van der Waals surface area contributed by atoms with Gasteiger partial charge < -0.3 is 9.47 Å². The minimum atomic E-state index is -1.28. The molecular formula is C13H14ClNO5. The first-order valence-corrected chi connectivity index (χ1v) is 6.46. The predicted molar refractivity (Wildman–Crippen MR) is 71.1 cm³/mol. The molecule has 0 N–H and O–H groups in total. The Morgan fingerprint density at radius 3 is 2.65 bits per heavy atom. The third kappa shape index (κ3) is 2.62. The SMILES string of the molecule is COC(=O)CCC1([N+](=O)[O-])COC1c1ccc(Cl)cc1. The molecule has 1 aliphatic rings. The summed E-state index contributed by atoms with van der Waals surface area (Å²) in [6.07, 6.45) is -0.593. The molecule has 6 nitrogen and oxygen atoms in total. The highest BCUT2D eigenvalue weighted by Gasteiger charge is 2.60. The van der Waals surface area contributed by atoms with Crippen LogP contribution in [0.15, 0.2) is 24.3 Å². The first-order valence-electron chi connectivity index (χ1n) is 6.08. The summed E-state index contributed by atoms with van der Waals surface area (Å²) in [5.41, 5.74) is -0.593. The van der Waals surface area contributed by atoms with Crippen LogP contribution in [0, 0.1) is 10.1 Å². The normalized spacial score (nSPS) is 24.8. The molecule has 2 rings (SSSR count). The van der Waals surface area contributed by atoms with Gasteiger partial charge in [0.25, 0.3) is 5.54 Å². The fourth-order valence-electron chi connectivity index (χ4n) is 2.27. The lowest BCUT2D eigenvalue weighted by Gasteiger charge is -2.41. The number of nitrogens with zero attached hydrogens (tertiary/aromatic N) is 1. The topological polar surface area (TPSA) is 78.7 Å². The Bertz CT molecular complexity index is 518. The molecule has 2 atom stereocenters. The quantitative estimate of drug-likeness (QED) is 0.474. The summed E-state index contributed by atoms with van der Waals surface area (Å²) in [7, 11) is 1.26. The Labute approximate surface area is 120 Å². The van der Waals surface area contributed by atoms with Gasteiger partial charge in [0.2, 0.25) is 0 Å². The van der Waals surface area contributed by atoms with Gasteiger partial charge in [-0.1, -0.05) is 23.7 Å². The zero-order valence-electron chi connectivity index (χ0n) is 10.9. The average Bonchev–Trinajstić information content (AvgIpc) is 2.40. The molecule has 1 fully saturated rings. The second kappa shape index (κ2) is 5.76. The van der Waals surface area contributed by atoms with Gasteiger partial charge in [0.15, 0.2) is 6.10 Å². The van der Waals surface area contributed by atoms with E-state index in [2.05, 4.69) is 4.74 Å². The van der Waals surface area contributed by atoms with Crippen molar-refractivity contribution in [3.63, 3.8) is 0 Å². The van der Waals surface area contributed by atoms with Crippen molar-refractivity contribution in [2.45, 2.75) is 24.5 Å². The highest BCUT2D eigenvalue weighted by atomic mass is 35.5. The summed E-state index contributed by atoms with van der Waals surface area (Å²) >= 11 is 5.80. The molecule has 1 aliphatic heterocycles. The molecule has 1 saturated heterocycles. The van der Waals surface area contributed by atoms with Crippen molar-refractivity contribution in [3.8, 4) is 0 Å². The number of carbonyl (C=O) groups excluding carboxylic acids is 1. The molecule has 0 spiro atoms. The second-order valence-corrected chi connectivity index (χ2v) is 5.12. The van der Waals surface area contributed by atoms with Gasteiger partial charge in [-0.3, -0.25) is 14.9 Å². The van der Waals surface area contributed by atoms with Gasteiger partial charge in [-0.25, -0.2) is 0 Å². The molecular weight excluding hydrogens is 286 g/mol. The van der Waals surface area contributed by atoms with Crippen molar-refractivity contribution in [2.75, 3.05) is 13.7 Å². The number of esters is 1. The van der Waals surface area contributed by atoms with Gasteiger partial charge in [-0.05, 0) is 17.7 Å². The van der Waals surface area contributed by atoms with Gasteiger partial charge in [0.1, 0.15) is 6.61 Å². The minimum absolute atomic E-state index is 0.00900. The maximum absolute atomic E-state index is 11.4. The van der Waals surface area contributed by atoms with E-state index in [1.54, 1.807) is 24.3 Å². The van der Waals surface area contributed by atoms with E-state index in [4.69, 9.17) is 16.3 Å². The molecule has 0 aliphatic carbocycles. The summed E-state index contributed by atoms with van der Waals surface area (Å²) in [5, 5.41) is 12.0. The van der Waals surface area contributed by atoms with E-state index in [0.29, 0.717) is 10.6 Å². The smallest absolute Gasteiger partial charge is 0.305 e. The molecule has 2 unspecified atom stereocenters. The van der Waals surface area contributed by atoms with E-state index in [0.717, 1.165) is 0 Å².